The minimum absolute atomic E-state index is 0.171. The molecule has 0 bridgehead atoms. The zero-order chi connectivity index (χ0) is 17.4. The van der Waals surface area contributed by atoms with E-state index in [1.165, 1.54) is 4.90 Å². The predicted molar refractivity (Wildman–Crippen MR) is 88.6 cm³/mol. The van der Waals surface area contributed by atoms with Gasteiger partial charge >= 0.3 is 12.0 Å². The van der Waals surface area contributed by atoms with Crippen LogP contribution in [0.15, 0.2) is 18.2 Å². The smallest absolute Gasteiger partial charge is 0.317 e. The van der Waals surface area contributed by atoms with Crippen LogP contribution in [-0.4, -0.2) is 42.2 Å². The Balaban J connectivity index is 2.53. The molecule has 1 aromatic rings. The highest BCUT2D eigenvalue weighted by Gasteiger charge is 2.17. The van der Waals surface area contributed by atoms with Crippen molar-refractivity contribution in [2.24, 2.45) is 5.92 Å². The number of nitrogens with zero attached hydrogens (tertiary/aromatic N) is 1. The molecule has 0 aliphatic carbocycles. The van der Waals surface area contributed by atoms with E-state index in [0.717, 1.165) is 23.3 Å². The molecule has 0 radical (unpaired) electrons. The first-order chi connectivity index (χ1) is 10.8. The van der Waals surface area contributed by atoms with Gasteiger partial charge in [0.05, 0.1) is 12.5 Å². The molecular weight excluding hydrogens is 296 g/mol. The molecule has 0 saturated carbocycles. The molecule has 2 N–H and O–H groups in total. The van der Waals surface area contributed by atoms with Gasteiger partial charge in [0.2, 0.25) is 0 Å². The lowest BCUT2D eigenvalue weighted by molar-refractivity contribution is -0.141. The maximum absolute atomic E-state index is 12.0. The van der Waals surface area contributed by atoms with Crippen LogP contribution in [0.4, 0.5) is 4.79 Å². The summed E-state index contributed by atoms with van der Waals surface area (Å²) >= 11 is 0. The average molecular weight is 322 g/mol. The summed E-state index contributed by atoms with van der Waals surface area (Å²) in [4.78, 5) is 24.2. The Morgan fingerprint density at radius 3 is 2.65 bits per heavy atom. The number of carboxylic acid groups (broad SMARTS) is 1. The Bertz CT molecular complexity index is 545. The summed E-state index contributed by atoms with van der Waals surface area (Å²) in [7, 11) is 1.59. The van der Waals surface area contributed by atoms with E-state index in [9.17, 15) is 9.59 Å². The van der Waals surface area contributed by atoms with Gasteiger partial charge in [-0.15, -0.1) is 0 Å². The Labute approximate surface area is 137 Å². The van der Waals surface area contributed by atoms with Crippen LogP contribution in [0.1, 0.15) is 31.4 Å². The van der Waals surface area contributed by atoms with Gasteiger partial charge < -0.3 is 20.1 Å². The van der Waals surface area contributed by atoms with Crippen molar-refractivity contribution in [1.82, 2.24) is 10.2 Å². The van der Waals surface area contributed by atoms with Gasteiger partial charge in [-0.1, -0.05) is 19.9 Å². The number of hydrogen-bond donors (Lipinski definition) is 2. The summed E-state index contributed by atoms with van der Waals surface area (Å²) in [5.41, 5.74) is 2.04. The van der Waals surface area contributed by atoms with E-state index < -0.39 is 11.9 Å². The number of ether oxygens (including phenoxy) is 1. The zero-order valence-corrected chi connectivity index (χ0v) is 14.3. The lowest BCUT2D eigenvalue weighted by atomic mass is 10.1. The molecule has 0 heterocycles. The van der Waals surface area contributed by atoms with E-state index in [0.29, 0.717) is 13.2 Å². The summed E-state index contributed by atoms with van der Waals surface area (Å²) in [5.74, 6) is -0.683. The van der Waals surface area contributed by atoms with E-state index in [-0.39, 0.29) is 12.6 Å². The fourth-order valence-corrected chi connectivity index (χ4v) is 2.05. The highest BCUT2D eigenvalue weighted by Crippen LogP contribution is 2.17. The van der Waals surface area contributed by atoms with Crippen molar-refractivity contribution in [2.45, 2.75) is 33.7 Å². The van der Waals surface area contributed by atoms with Crippen LogP contribution in [0.5, 0.6) is 5.75 Å². The molecule has 1 atom stereocenters. The Hall–Kier alpha value is -2.24. The van der Waals surface area contributed by atoms with Gasteiger partial charge in [0.25, 0.3) is 0 Å². The number of amides is 2. The molecule has 1 aromatic carbocycles. The Kier molecular flexibility index (Phi) is 7.38. The van der Waals surface area contributed by atoms with Crippen molar-refractivity contribution in [1.29, 1.82) is 0 Å². The lowest BCUT2D eigenvalue weighted by Crippen LogP contribution is -2.40. The summed E-state index contributed by atoms with van der Waals surface area (Å²) < 4.78 is 5.57. The number of nitrogens with one attached hydrogen (secondary N) is 1. The van der Waals surface area contributed by atoms with Crippen molar-refractivity contribution in [3.63, 3.8) is 0 Å². The molecule has 6 heteroatoms. The molecule has 0 aromatic heterocycles. The molecule has 2 amide bonds. The van der Waals surface area contributed by atoms with Crippen LogP contribution in [-0.2, 0) is 11.3 Å². The molecule has 0 aliphatic rings. The number of rotatable bonds is 8. The summed E-state index contributed by atoms with van der Waals surface area (Å²) in [6.07, 6.45) is 0.956. The van der Waals surface area contributed by atoms with Gasteiger partial charge in [0.15, 0.2) is 0 Å². The van der Waals surface area contributed by atoms with Crippen molar-refractivity contribution in [3.8, 4) is 5.75 Å². The number of carboxylic acids is 1. The summed E-state index contributed by atoms with van der Waals surface area (Å²) in [6.45, 7) is 6.84. The summed E-state index contributed by atoms with van der Waals surface area (Å²) in [5, 5.41) is 11.7. The van der Waals surface area contributed by atoms with Crippen molar-refractivity contribution < 1.29 is 19.4 Å². The molecule has 128 valence electrons. The fraction of sp³-hybridized carbons (Fsp3) is 0.529. The van der Waals surface area contributed by atoms with E-state index in [2.05, 4.69) is 12.2 Å². The topological polar surface area (TPSA) is 78.9 Å². The molecule has 1 rings (SSSR count). The monoisotopic (exact) mass is 322 g/mol. The van der Waals surface area contributed by atoms with Crippen LogP contribution in [0, 0.1) is 12.8 Å². The van der Waals surface area contributed by atoms with Gasteiger partial charge in [0, 0.05) is 20.1 Å². The van der Waals surface area contributed by atoms with Gasteiger partial charge in [-0.25, -0.2) is 4.79 Å². The Morgan fingerprint density at radius 2 is 2.09 bits per heavy atom. The number of urea groups is 1. The number of aliphatic carboxylic acids is 1. The van der Waals surface area contributed by atoms with Crippen LogP contribution in [0.25, 0.3) is 0 Å². The SMILES string of the molecule is CCCOc1ccc(CNC(=O)N(C)CC(C)C(=O)O)c(C)c1. The third-order valence-corrected chi connectivity index (χ3v) is 3.53. The molecule has 0 saturated heterocycles. The summed E-state index contributed by atoms with van der Waals surface area (Å²) in [6, 6.07) is 5.48. The highest BCUT2D eigenvalue weighted by molar-refractivity contribution is 5.75. The predicted octanol–water partition coefficient (Wildman–Crippen LogP) is 2.65. The average Bonchev–Trinajstić information content (AvgIpc) is 2.51. The van der Waals surface area contributed by atoms with E-state index in [1.807, 2.05) is 25.1 Å². The molecule has 1 unspecified atom stereocenters. The normalized spacial score (nSPS) is 11.7. The van der Waals surface area contributed by atoms with E-state index in [1.54, 1.807) is 14.0 Å². The van der Waals surface area contributed by atoms with Crippen LogP contribution >= 0.6 is 0 Å². The van der Waals surface area contributed by atoms with Crippen LogP contribution in [0.3, 0.4) is 0 Å². The first-order valence-corrected chi connectivity index (χ1v) is 7.79. The number of hydrogen-bond acceptors (Lipinski definition) is 3. The van der Waals surface area contributed by atoms with Crippen LogP contribution < -0.4 is 10.1 Å². The van der Waals surface area contributed by atoms with E-state index >= 15 is 0 Å². The highest BCUT2D eigenvalue weighted by atomic mass is 16.5. The number of benzene rings is 1. The second kappa shape index (κ2) is 9.02. The second-order valence-corrected chi connectivity index (χ2v) is 5.72. The second-order valence-electron chi connectivity index (χ2n) is 5.72. The lowest BCUT2D eigenvalue weighted by Gasteiger charge is -2.20. The third-order valence-electron chi connectivity index (χ3n) is 3.53. The first kappa shape index (κ1) is 18.8. The maximum Gasteiger partial charge on any atom is 0.317 e. The molecule has 0 aliphatic heterocycles. The van der Waals surface area contributed by atoms with Crippen molar-refractivity contribution in [2.75, 3.05) is 20.2 Å². The molecule has 6 nitrogen and oxygen atoms in total. The quantitative estimate of drug-likeness (QED) is 0.771. The van der Waals surface area contributed by atoms with Gasteiger partial charge in [-0.05, 0) is 36.6 Å². The standard InChI is InChI=1S/C17H26N2O4/c1-5-8-23-15-7-6-14(12(2)9-15)10-18-17(22)19(4)11-13(3)16(20)21/h6-7,9,13H,5,8,10-11H2,1-4H3,(H,18,22)(H,20,21). The number of aryl methyl sites for hydroxylation is 1. The maximum atomic E-state index is 12.0. The van der Waals surface area contributed by atoms with E-state index in [4.69, 9.17) is 9.84 Å². The first-order valence-electron chi connectivity index (χ1n) is 7.79. The van der Waals surface area contributed by atoms with Gasteiger partial charge in [0.1, 0.15) is 5.75 Å². The van der Waals surface area contributed by atoms with Crippen molar-refractivity contribution >= 4 is 12.0 Å². The number of carbonyl (C=O) groups is 2. The molecule has 23 heavy (non-hydrogen) atoms. The molecule has 0 spiro atoms. The van der Waals surface area contributed by atoms with Crippen molar-refractivity contribution in [3.05, 3.63) is 29.3 Å². The molecule has 0 fully saturated rings. The molecular formula is C17H26N2O4. The van der Waals surface area contributed by atoms with Gasteiger partial charge in [-0.3, -0.25) is 4.79 Å². The Morgan fingerprint density at radius 1 is 1.39 bits per heavy atom. The minimum Gasteiger partial charge on any atom is -0.494 e. The largest absolute Gasteiger partial charge is 0.494 e. The fourth-order valence-electron chi connectivity index (χ4n) is 2.05. The van der Waals surface area contributed by atoms with Crippen LogP contribution in [0.2, 0.25) is 0 Å². The number of carbonyl (C=O) groups excluding carboxylic acids is 1. The minimum atomic E-state index is -0.914. The third kappa shape index (κ3) is 6.18. The van der Waals surface area contributed by atoms with Gasteiger partial charge in [-0.2, -0.15) is 0 Å². The zero-order valence-electron chi connectivity index (χ0n) is 14.3.